The first-order valence-corrected chi connectivity index (χ1v) is 6.61. The zero-order chi connectivity index (χ0) is 14.4. The standard InChI is InChI=1S/C13H20N6O/c1-3-20-9-13-17-11(14)6-12(18-13)15-4-5-19-8-10(2)7-16-19/h6-8H,3-5,9H2,1-2H3,(H3,14,15,17,18). The van der Waals surface area contributed by atoms with Gasteiger partial charge in [-0.15, -0.1) is 0 Å². The summed E-state index contributed by atoms with van der Waals surface area (Å²) in [4.78, 5) is 8.48. The Morgan fingerprint density at radius 2 is 2.25 bits per heavy atom. The number of ether oxygens (including phenoxy) is 1. The third-order valence-corrected chi connectivity index (χ3v) is 2.64. The van der Waals surface area contributed by atoms with E-state index in [0.29, 0.717) is 37.2 Å². The van der Waals surface area contributed by atoms with Gasteiger partial charge in [0, 0.05) is 25.4 Å². The summed E-state index contributed by atoms with van der Waals surface area (Å²) in [6.45, 7) is 6.41. The molecule has 0 saturated carbocycles. The molecule has 0 saturated heterocycles. The van der Waals surface area contributed by atoms with Crippen LogP contribution in [-0.2, 0) is 17.9 Å². The van der Waals surface area contributed by atoms with E-state index in [2.05, 4.69) is 20.4 Å². The molecular weight excluding hydrogens is 256 g/mol. The predicted molar refractivity (Wildman–Crippen MR) is 77.2 cm³/mol. The maximum atomic E-state index is 5.75. The van der Waals surface area contributed by atoms with E-state index in [1.165, 1.54) is 0 Å². The lowest BCUT2D eigenvalue weighted by molar-refractivity contribution is 0.128. The molecule has 2 aromatic rings. The van der Waals surface area contributed by atoms with Gasteiger partial charge in [0.05, 0.1) is 12.7 Å². The lowest BCUT2D eigenvalue weighted by atomic mass is 10.4. The van der Waals surface area contributed by atoms with Crippen molar-refractivity contribution in [2.24, 2.45) is 0 Å². The van der Waals surface area contributed by atoms with E-state index in [9.17, 15) is 0 Å². The number of hydrogen-bond acceptors (Lipinski definition) is 6. The molecule has 0 aliphatic rings. The van der Waals surface area contributed by atoms with Crippen LogP contribution in [0, 0.1) is 6.92 Å². The fourth-order valence-electron chi connectivity index (χ4n) is 1.75. The van der Waals surface area contributed by atoms with Crippen molar-refractivity contribution in [3.05, 3.63) is 29.8 Å². The quantitative estimate of drug-likeness (QED) is 0.790. The summed E-state index contributed by atoms with van der Waals surface area (Å²) in [7, 11) is 0. The summed E-state index contributed by atoms with van der Waals surface area (Å²) in [5, 5.41) is 7.43. The zero-order valence-corrected chi connectivity index (χ0v) is 11.8. The fourth-order valence-corrected chi connectivity index (χ4v) is 1.75. The number of nitrogens with one attached hydrogen (secondary N) is 1. The van der Waals surface area contributed by atoms with Crippen molar-refractivity contribution in [2.75, 3.05) is 24.2 Å². The van der Waals surface area contributed by atoms with Crippen LogP contribution in [-0.4, -0.2) is 32.9 Å². The zero-order valence-electron chi connectivity index (χ0n) is 11.8. The average molecular weight is 276 g/mol. The van der Waals surface area contributed by atoms with Gasteiger partial charge in [-0.05, 0) is 19.4 Å². The van der Waals surface area contributed by atoms with Gasteiger partial charge in [-0.25, -0.2) is 9.97 Å². The molecule has 0 fully saturated rings. The van der Waals surface area contributed by atoms with E-state index in [-0.39, 0.29) is 0 Å². The maximum Gasteiger partial charge on any atom is 0.158 e. The molecule has 0 spiro atoms. The molecule has 2 rings (SSSR count). The van der Waals surface area contributed by atoms with Crippen LogP contribution in [0.1, 0.15) is 18.3 Å². The number of rotatable bonds is 7. The van der Waals surface area contributed by atoms with Gasteiger partial charge in [-0.2, -0.15) is 5.10 Å². The van der Waals surface area contributed by atoms with Gasteiger partial charge < -0.3 is 15.8 Å². The number of anilines is 2. The first-order chi connectivity index (χ1) is 9.67. The third-order valence-electron chi connectivity index (χ3n) is 2.64. The monoisotopic (exact) mass is 276 g/mol. The second-order valence-electron chi connectivity index (χ2n) is 4.44. The van der Waals surface area contributed by atoms with Crippen LogP contribution >= 0.6 is 0 Å². The Morgan fingerprint density at radius 1 is 1.40 bits per heavy atom. The Labute approximate surface area is 118 Å². The van der Waals surface area contributed by atoms with Crippen molar-refractivity contribution in [2.45, 2.75) is 27.0 Å². The number of nitrogens with zero attached hydrogens (tertiary/aromatic N) is 4. The molecule has 0 unspecified atom stereocenters. The number of aromatic nitrogens is 4. The van der Waals surface area contributed by atoms with E-state index in [1.54, 1.807) is 6.07 Å². The van der Waals surface area contributed by atoms with E-state index < -0.39 is 0 Å². The largest absolute Gasteiger partial charge is 0.384 e. The number of aryl methyl sites for hydroxylation is 1. The molecular formula is C13H20N6O. The second-order valence-corrected chi connectivity index (χ2v) is 4.44. The molecule has 0 aliphatic carbocycles. The Kier molecular flexibility index (Phi) is 4.89. The Morgan fingerprint density at radius 3 is 2.95 bits per heavy atom. The third kappa shape index (κ3) is 4.20. The second kappa shape index (κ2) is 6.85. The first-order valence-electron chi connectivity index (χ1n) is 6.61. The highest BCUT2D eigenvalue weighted by Crippen LogP contribution is 2.09. The van der Waals surface area contributed by atoms with Crippen LogP contribution in [0.25, 0.3) is 0 Å². The fraction of sp³-hybridized carbons (Fsp3) is 0.462. The van der Waals surface area contributed by atoms with Gasteiger partial charge in [-0.1, -0.05) is 0 Å². The van der Waals surface area contributed by atoms with Gasteiger partial charge in [0.25, 0.3) is 0 Å². The highest BCUT2D eigenvalue weighted by Gasteiger charge is 2.03. The topological polar surface area (TPSA) is 90.9 Å². The lowest BCUT2D eigenvalue weighted by Crippen LogP contribution is -2.13. The summed E-state index contributed by atoms with van der Waals surface area (Å²) >= 11 is 0. The highest BCUT2D eigenvalue weighted by atomic mass is 16.5. The number of hydrogen-bond donors (Lipinski definition) is 2. The molecule has 0 radical (unpaired) electrons. The molecule has 0 amide bonds. The Hall–Kier alpha value is -2.15. The minimum absolute atomic E-state index is 0.370. The molecule has 7 nitrogen and oxygen atoms in total. The average Bonchev–Trinajstić information content (AvgIpc) is 2.81. The maximum absolute atomic E-state index is 5.75. The van der Waals surface area contributed by atoms with Gasteiger partial charge in [0.2, 0.25) is 0 Å². The summed E-state index contributed by atoms with van der Waals surface area (Å²) < 4.78 is 7.17. The minimum atomic E-state index is 0.370. The summed E-state index contributed by atoms with van der Waals surface area (Å²) in [6.07, 6.45) is 3.83. The predicted octanol–water partition coefficient (Wildman–Crippen LogP) is 1.21. The van der Waals surface area contributed by atoms with Gasteiger partial charge in [-0.3, -0.25) is 4.68 Å². The molecule has 0 aromatic carbocycles. The molecule has 20 heavy (non-hydrogen) atoms. The Bertz CT molecular complexity index is 554. The summed E-state index contributed by atoms with van der Waals surface area (Å²) in [6, 6.07) is 1.71. The van der Waals surface area contributed by atoms with Crippen LogP contribution in [0.2, 0.25) is 0 Å². The molecule has 108 valence electrons. The van der Waals surface area contributed by atoms with Gasteiger partial charge in [0.15, 0.2) is 5.82 Å². The number of nitrogen functional groups attached to an aromatic ring is 1. The van der Waals surface area contributed by atoms with Crippen molar-refractivity contribution in [1.82, 2.24) is 19.7 Å². The number of nitrogens with two attached hydrogens (primary N) is 1. The highest BCUT2D eigenvalue weighted by molar-refractivity contribution is 5.44. The van der Waals surface area contributed by atoms with Crippen molar-refractivity contribution in [3.8, 4) is 0 Å². The van der Waals surface area contributed by atoms with E-state index in [4.69, 9.17) is 10.5 Å². The van der Waals surface area contributed by atoms with Crippen molar-refractivity contribution in [1.29, 1.82) is 0 Å². The minimum Gasteiger partial charge on any atom is -0.384 e. The smallest absolute Gasteiger partial charge is 0.158 e. The molecule has 7 heteroatoms. The van der Waals surface area contributed by atoms with Crippen LogP contribution in [0.3, 0.4) is 0 Å². The lowest BCUT2D eigenvalue weighted by Gasteiger charge is -2.08. The molecule has 3 N–H and O–H groups in total. The molecule has 0 atom stereocenters. The van der Waals surface area contributed by atoms with Crippen LogP contribution < -0.4 is 11.1 Å². The van der Waals surface area contributed by atoms with Crippen molar-refractivity contribution in [3.63, 3.8) is 0 Å². The Balaban J connectivity index is 1.89. The molecule has 2 heterocycles. The van der Waals surface area contributed by atoms with Crippen LogP contribution in [0.4, 0.5) is 11.6 Å². The van der Waals surface area contributed by atoms with Crippen LogP contribution in [0.15, 0.2) is 18.5 Å². The molecule has 0 aliphatic heterocycles. The van der Waals surface area contributed by atoms with Crippen molar-refractivity contribution < 1.29 is 4.74 Å². The first kappa shape index (κ1) is 14.3. The van der Waals surface area contributed by atoms with E-state index >= 15 is 0 Å². The molecule has 2 aromatic heterocycles. The molecule has 0 bridgehead atoms. The van der Waals surface area contributed by atoms with Gasteiger partial charge in [0.1, 0.15) is 18.2 Å². The summed E-state index contributed by atoms with van der Waals surface area (Å²) in [5.41, 5.74) is 6.90. The normalized spacial score (nSPS) is 10.7. The van der Waals surface area contributed by atoms with E-state index in [1.807, 2.05) is 30.9 Å². The van der Waals surface area contributed by atoms with Gasteiger partial charge >= 0.3 is 0 Å². The van der Waals surface area contributed by atoms with E-state index in [0.717, 1.165) is 12.1 Å². The van der Waals surface area contributed by atoms with Crippen molar-refractivity contribution >= 4 is 11.6 Å². The summed E-state index contributed by atoms with van der Waals surface area (Å²) in [5.74, 6) is 1.73. The SMILES string of the molecule is CCOCc1nc(N)cc(NCCn2cc(C)cn2)n1. The van der Waals surface area contributed by atoms with Crippen LogP contribution in [0.5, 0.6) is 0 Å².